The number of fused-ring (bicyclic) bond motifs is 1. The largest absolute Gasteiger partial charge is 0.451 e. The molecule has 1 atom stereocenters. The Morgan fingerprint density at radius 3 is 2.70 bits per heavy atom. The van der Waals surface area contributed by atoms with Gasteiger partial charge in [-0.05, 0) is 0 Å². The summed E-state index contributed by atoms with van der Waals surface area (Å²) in [4.78, 5) is 13.4. The molecule has 0 saturated carbocycles. The smallest absolute Gasteiger partial charge is 0.333 e. The van der Waals surface area contributed by atoms with Gasteiger partial charge in [-0.25, -0.2) is 0 Å². The van der Waals surface area contributed by atoms with Crippen LogP contribution in [0.5, 0.6) is 0 Å². The van der Waals surface area contributed by atoms with Gasteiger partial charge in [0, 0.05) is 25.6 Å². The van der Waals surface area contributed by atoms with Crippen molar-refractivity contribution in [3.05, 3.63) is 11.6 Å². The van der Waals surface area contributed by atoms with Crippen molar-refractivity contribution in [2.24, 2.45) is 5.73 Å². The summed E-state index contributed by atoms with van der Waals surface area (Å²) in [6.45, 7) is 0.329. The Kier molecular flexibility index (Phi) is 4.37. The number of nitrogens with two attached hydrogens (primary N) is 1. The number of amides is 1. The molecule has 6 nitrogen and oxygen atoms in total. The van der Waals surface area contributed by atoms with Crippen molar-refractivity contribution in [3.8, 4) is 0 Å². The first-order chi connectivity index (χ1) is 9.32. The summed E-state index contributed by atoms with van der Waals surface area (Å²) < 4.78 is 39.0. The van der Waals surface area contributed by atoms with Gasteiger partial charge in [-0.2, -0.15) is 13.2 Å². The first-order valence-electron chi connectivity index (χ1n) is 6.35. The van der Waals surface area contributed by atoms with Gasteiger partial charge < -0.3 is 15.2 Å². The van der Waals surface area contributed by atoms with Crippen molar-refractivity contribution in [2.45, 2.75) is 37.0 Å². The van der Waals surface area contributed by atoms with E-state index >= 15 is 0 Å². The lowest BCUT2D eigenvalue weighted by Gasteiger charge is -2.28. The molecule has 0 fully saturated rings. The zero-order valence-electron chi connectivity index (χ0n) is 11.0. The lowest BCUT2D eigenvalue weighted by Crippen LogP contribution is -2.41. The van der Waals surface area contributed by atoms with Gasteiger partial charge in [-0.1, -0.05) is 5.28 Å². The summed E-state index contributed by atoms with van der Waals surface area (Å²) in [6, 6.07) is -0.167. The topological polar surface area (TPSA) is 77.0 Å². The standard InChI is InChI=1S/C10H13F3N5O.Al.2H/c1-6(14)4-8(19)17-2-3-18-7(5-17)15-16-9(18)10(11,12)13;;;/h6H,1-5,14H2;;;. The summed E-state index contributed by atoms with van der Waals surface area (Å²) in [7, 11) is 0. The first kappa shape index (κ1) is 15.3. The van der Waals surface area contributed by atoms with E-state index in [0.717, 1.165) is 26.1 Å². The van der Waals surface area contributed by atoms with Crippen LogP contribution in [0.3, 0.4) is 0 Å². The van der Waals surface area contributed by atoms with Crippen LogP contribution >= 0.6 is 0 Å². The fraction of sp³-hybridized carbons (Fsp3) is 0.700. The molecule has 1 aromatic rings. The highest BCUT2D eigenvalue weighted by atomic mass is 27.0. The number of rotatable bonds is 3. The maximum Gasteiger partial charge on any atom is 0.451 e. The molecule has 2 rings (SSSR count). The lowest BCUT2D eigenvalue weighted by atomic mass is 10.2. The first-order valence-corrected chi connectivity index (χ1v) is 7.77. The molecule has 10 heteroatoms. The van der Waals surface area contributed by atoms with Gasteiger partial charge in [0.1, 0.15) is 0 Å². The quantitative estimate of drug-likeness (QED) is 0.757. The fourth-order valence-corrected chi connectivity index (χ4v) is 2.37. The Balaban J connectivity index is 2.09. The Morgan fingerprint density at radius 2 is 2.10 bits per heavy atom. The minimum atomic E-state index is -4.52. The summed E-state index contributed by atoms with van der Waals surface area (Å²) in [5.41, 5.74) is 5.74. The molecule has 0 saturated heterocycles. The van der Waals surface area contributed by atoms with E-state index in [1.807, 2.05) is 0 Å². The van der Waals surface area contributed by atoms with Gasteiger partial charge >= 0.3 is 6.18 Å². The summed E-state index contributed by atoms with van der Waals surface area (Å²) in [6.07, 6.45) is -4.30. The van der Waals surface area contributed by atoms with Crippen LogP contribution in [-0.4, -0.2) is 54.4 Å². The van der Waals surface area contributed by atoms with Crippen molar-refractivity contribution >= 4 is 22.2 Å². The van der Waals surface area contributed by atoms with Crippen molar-refractivity contribution < 1.29 is 18.0 Å². The van der Waals surface area contributed by atoms with Crippen LogP contribution in [0.2, 0.25) is 5.28 Å². The van der Waals surface area contributed by atoms with Crippen LogP contribution in [0.4, 0.5) is 13.2 Å². The van der Waals surface area contributed by atoms with E-state index in [2.05, 4.69) is 10.2 Å². The molecule has 1 unspecified atom stereocenters. The highest BCUT2D eigenvalue weighted by molar-refractivity contribution is 6.09. The molecule has 1 amide bonds. The molecular weight excluding hydrogens is 290 g/mol. The highest BCUT2D eigenvalue weighted by Crippen LogP contribution is 2.29. The van der Waals surface area contributed by atoms with Crippen LogP contribution in [0.25, 0.3) is 0 Å². The number of aromatic nitrogens is 3. The van der Waals surface area contributed by atoms with Gasteiger partial charge in [0.05, 0.1) is 6.54 Å². The zero-order chi connectivity index (χ0) is 14.9. The Bertz CT molecular complexity index is 504. The van der Waals surface area contributed by atoms with Crippen LogP contribution in [0.15, 0.2) is 0 Å². The number of alkyl halides is 3. The molecule has 1 aliphatic heterocycles. The summed E-state index contributed by atoms with van der Waals surface area (Å²) >= 11 is 0.916. The van der Waals surface area contributed by atoms with E-state index in [1.165, 1.54) is 4.90 Å². The molecule has 2 heterocycles. The predicted molar refractivity (Wildman–Crippen MR) is 66.4 cm³/mol. The maximum atomic E-state index is 12.7. The van der Waals surface area contributed by atoms with E-state index in [4.69, 9.17) is 5.73 Å². The highest BCUT2D eigenvalue weighted by Gasteiger charge is 2.39. The van der Waals surface area contributed by atoms with Crippen molar-refractivity contribution in [2.75, 3.05) is 6.54 Å². The van der Waals surface area contributed by atoms with E-state index in [0.29, 0.717) is 0 Å². The van der Waals surface area contributed by atoms with Crippen LogP contribution in [0, 0.1) is 0 Å². The number of nitrogens with zero attached hydrogens (tertiary/aromatic N) is 4. The van der Waals surface area contributed by atoms with Crippen molar-refractivity contribution in [3.63, 3.8) is 0 Å². The third-order valence-electron chi connectivity index (χ3n) is 3.32. The second-order valence-corrected chi connectivity index (χ2v) is 5.59. The van der Waals surface area contributed by atoms with Gasteiger partial charge in [0.15, 0.2) is 5.82 Å². The Morgan fingerprint density at radius 1 is 1.40 bits per heavy atom. The Labute approximate surface area is 121 Å². The molecule has 0 aromatic carbocycles. The second kappa shape index (κ2) is 5.71. The van der Waals surface area contributed by atoms with Gasteiger partial charge in [-0.3, -0.25) is 4.79 Å². The lowest BCUT2D eigenvalue weighted by molar-refractivity contribution is -0.148. The van der Waals surface area contributed by atoms with Crippen LogP contribution < -0.4 is 5.73 Å². The minimum absolute atomic E-state index is 0.0514. The average molecular weight is 305 g/mol. The molecule has 0 bridgehead atoms. The zero-order valence-corrected chi connectivity index (χ0v) is 13.0. The molecule has 20 heavy (non-hydrogen) atoms. The summed E-state index contributed by atoms with van der Waals surface area (Å²) in [5.74, 6) is -0.983. The summed E-state index contributed by atoms with van der Waals surface area (Å²) in [5, 5.41) is 7.51. The van der Waals surface area contributed by atoms with Crippen molar-refractivity contribution in [1.82, 2.24) is 19.7 Å². The maximum absolute atomic E-state index is 12.7. The molecule has 2 N–H and O–H groups in total. The third kappa shape index (κ3) is 3.13. The van der Waals surface area contributed by atoms with E-state index in [1.54, 1.807) is 0 Å². The molecular formula is C10H15AlF3N5O. The number of hydrogen-bond acceptors (Lipinski definition) is 4. The molecule has 1 aliphatic rings. The SMILES string of the molecule is NC([CH2][AlH2])CC(=O)N1CCn2c(nnc2C(F)(F)F)C1. The molecule has 1 aromatic heterocycles. The number of hydrogen-bond donors (Lipinski definition) is 1. The molecule has 0 spiro atoms. The van der Waals surface area contributed by atoms with Crippen LogP contribution in [0.1, 0.15) is 18.1 Å². The third-order valence-corrected chi connectivity index (χ3v) is 4.37. The normalized spacial score (nSPS) is 16.9. The minimum Gasteiger partial charge on any atom is -0.333 e. The monoisotopic (exact) mass is 305 g/mol. The number of carbonyl (C=O) groups is 1. The van der Waals surface area contributed by atoms with Gasteiger partial charge in [0.25, 0.3) is 0 Å². The van der Waals surface area contributed by atoms with E-state index in [9.17, 15) is 18.0 Å². The van der Waals surface area contributed by atoms with Crippen molar-refractivity contribution in [1.29, 1.82) is 0 Å². The average Bonchev–Trinajstić information content (AvgIpc) is 2.80. The van der Waals surface area contributed by atoms with Crippen LogP contribution in [-0.2, 0) is 24.1 Å². The second-order valence-electron chi connectivity index (χ2n) is 4.78. The van der Waals surface area contributed by atoms with Gasteiger partial charge in [-0.15, -0.1) is 10.2 Å². The molecule has 0 radical (unpaired) electrons. The van der Waals surface area contributed by atoms with E-state index < -0.39 is 12.0 Å². The predicted octanol–water partition coefficient (Wildman–Crippen LogP) is -0.592. The van der Waals surface area contributed by atoms with E-state index in [-0.39, 0.29) is 43.8 Å². The molecule has 0 aliphatic carbocycles. The number of carbonyl (C=O) groups excluding carboxylic acids is 1. The fourth-order valence-electron chi connectivity index (χ4n) is 2.08. The van der Waals surface area contributed by atoms with Gasteiger partial charge in [0.2, 0.25) is 28.0 Å². The molecule has 110 valence electrons. The number of halogens is 3. The Hall–Kier alpha value is -1.11.